The van der Waals surface area contributed by atoms with Crippen molar-refractivity contribution in [2.75, 3.05) is 0 Å². The average molecular weight is 307 g/mol. The third-order valence-corrected chi connectivity index (χ3v) is 4.03. The summed E-state index contributed by atoms with van der Waals surface area (Å²) in [5.74, 6) is 0.165. The highest BCUT2D eigenvalue weighted by Crippen LogP contribution is 2.20. The van der Waals surface area contributed by atoms with Gasteiger partial charge in [-0.3, -0.25) is 4.40 Å². The molecule has 0 aliphatic rings. The maximum absolute atomic E-state index is 13.5. The van der Waals surface area contributed by atoms with Crippen LogP contribution in [0.1, 0.15) is 42.3 Å². The summed E-state index contributed by atoms with van der Waals surface area (Å²) in [6.07, 6.45) is 2.24. The van der Waals surface area contributed by atoms with Crippen LogP contribution in [-0.4, -0.2) is 9.38 Å². The third-order valence-electron chi connectivity index (χ3n) is 4.03. The van der Waals surface area contributed by atoms with E-state index < -0.39 is 0 Å². The summed E-state index contributed by atoms with van der Waals surface area (Å²) in [6.45, 7) is 4.33. The van der Waals surface area contributed by atoms with Crippen LogP contribution in [0.25, 0.3) is 5.65 Å². The highest BCUT2D eigenvalue weighted by Gasteiger charge is 2.13. The number of halogens is 1. The predicted octanol–water partition coefficient (Wildman–Crippen LogP) is 4.25. The molecule has 0 aliphatic heterocycles. The average Bonchev–Trinajstić information content (AvgIpc) is 2.85. The van der Waals surface area contributed by atoms with Gasteiger partial charge in [0.2, 0.25) is 0 Å². The van der Waals surface area contributed by atoms with E-state index >= 15 is 0 Å². The van der Waals surface area contributed by atoms with Gasteiger partial charge in [0.15, 0.2) is 0 Å². The van der Waals surface area contributed by atoms with Crippen LogP contribution >= 0.6 is 0 Å². The fraction of sp³-hybridized carbons (Fsp3) is 0.263. The summed E-state index contributed by atoms with van der Waals surface area (Å²) in [5.41, 5.74) is 4.69. The van der Waals surface area contributed by atoms with Gasteiger partial charge in [-0.05, 0) is 29.2 Å². The Morgan fingerprint density at radius 3 is 2.57 bits per heavy atom. The molecule has 0 aliphatic carbocycles. The molecule has 4 heteroatoms. The maximum Gasteiger partial charge on any atom is 0.139 e. The smallest absolute Gasteiger partial charge is 0.139 e. The second kappa shape index (κ2) is 6.21. The molecule has 0 atom stereocenters. The minimum absolute atomic E-state index is 0.212. The van der Waals surface area contributed by atoms with Gasteiger partial charge in [0.05, 0.1) is 23.9 Å². The molecule has 23 heavy (non-hydrogen) atoms. The summed E-state index contributed by atoms with van der Waals surface area (Å²) >= 11 is 0. The Labute approximate surface area is 135 Å². The van der Waals surface area contributed by atoms with Gasteiger partial charge in [-0.2, -0.15) is 5.26 Å². The molecule has 0 saturated heterocycles. The molecule has 3 rings (SSSR count). The van der Waals surface area contributed by atoms with Crippen molar-refractivity contribution in [1.29, 1.82) is 5.26 Å². The van der Waals surface area contributed by atoms with Gasteiger partial charge in [0.1, 0.15) is 11.5 Å². The first-order valence-corrected chi connectivity index (χ1v) is 7.69. The van der Waals surface area contributed by atoms with Gasteiger partial charge in [0, 0.05) is 12.6 Å². The van der Waals surface area contributed by atoms with E-state index in [9.17, 15) is 4.39 Å². The van der Waals surface area contributed by atoms with Crippen molar-refractivity contribution >= 4 is 5.65 Å². The van der Waals surface area contributed by atoms with Gasteiger partial charge >= 0.3 is 0 Å². The highest BCUT2D eigenvalue weighted by molar-refractivity contribution is 5.45. The number of hydrogen-bond donors (Lipinski definition) is 0. The van der Waals surface area contributed by atoms with Crippen LogP contribution in [0.4, 0.5) is 4.39 Å². The van der Waals surface area contributed by atoms with Crippen LogP contribution in [0.2, 0.25) is 0 Å². The summed E-state index contributed by atoms with van der Waals surface area (Å²) in [5, 5.41) is 9.07. The predicted molar refractivity (Wildman–Crippen MR) is 87.8 cm³/mol. The zero-order valence-electron chi connectivity index (χ0n) is 13.3. The van der Waals surface area contributed by atoms with Crippen LogP contribution in [0, 0.1) is 17.1 Å². The van der Waals surface area contributed by atoms with Gasteiger partial charge in [0.25, 0.3) is 0 Å². The number of hydrogen-bond acceptors (Lipinski definition) is 2. The lowest BCUT2D eigenvalue weighted by atomic mass is 10.00. The monoisotopic (exact) mass is 307 g/mol. The molecule has 0 amide bonds. The second-order valence-corrected chi connectivity index (χ2v) is 5.99. The quantitative estimate of drug-likeness (QED) is 0.723. The van der Waals surface area contributed by atoms with E-state index in [2.05, 4.69) is 49.2 Å². The summed E-state index contributed by atoms with van der Waals surface area (Å²) in [4.78, 5) is 4.57. The molecule has 0 radical (unpaired) electrons. The Morgan fingerprint density at radius 2 is 1.91 bits per heavy atom. The number of aromatic nitrogens is 2. The lowest BCUT2D eigenvalue weighted by Crippen LogP contribution is -1.98. The zero-order chi connectivity index (χ0) is 16.4. The molecule has 0 unspecified atom stereocenters. The number of rotatable bonds is 4. The maximum atomic E-state index is 13.5. The van der Waals surface area contributed by atoms with Crippen molar-refractivity contribution in [3.63, 3.8) is 0 Å². The number of nitriles is 1. The molecule has 3 aromatic rings. The van der Waals surface area contributed by atoms with Crippen LogP contribution in [-0.2, 0) is 12.8 Å². The molecular formula is C19H18FN3. The Morgan fingerprint density at radius 1 is 1.17 bits per heavy atom. The molecule has 0 spiro atoms. The molecule has 3 nitrogen and oxygen atoms in total. The van der Waals surface area contributed by atoms with Crippen molar-refractivity contribution in [2.45, 2.75) is 32.6 Å². The summed E-state index contributed by atoms with van der Waals surface area (Å²) < 4.78 is 15.2. The molecule has 0 N–H and O–H groups in total. The van der Waals surface area contributed by atoms with Crippen LogP contribution < -0.4 is 0 Å². The van der Waals surface area contributed by atoms with Crippen molar-refractivity contribution < 1.29 is 4.39 Å². The zero-order valence-corrected chi connectivity index (χ0v) is 13.3. The van der Waals surface area contributed by atoms with E-state index in [1.54, 1.807) is 10.5 Å². The van der Waals surface area contributed by atoms with E-state index in [0.29, 0.717) is 18.0 Å². The van der Waals surface area contributed by atoms with Crippen LogP contribution in [0.3, 0.4) is 0 Å². The first kappa shape index (κ1) is 15.2. The molecule has 2 heterocycles. The van der Waals surface area contributed by atoms with Crippen molar-refractivity contribution in [1.82, 2.24) is 9.38 Å². The topological polar surface area (TPSA) is 41.1 Å². The SMILES string of the molecule is CC(C)c1ccc(Cc2nc3ccc(F)cn3c2CC#N)cc1. The molecule has 2 aromatic heterocycles. The minimum atomic E-state index is -0.332. The second-order valence-electron chi connectivity index (χ2n) is 5.99. The first-order chi connectivity index (χ1) is 11.1. The normalized spacial score (nSPS) is 11.1. The largest absolute Gasteiger partial charge is 0.300 e. The number of fused-ring (bicyclic) bond motifs is 1. The Balaban J connectivity index is 1.98. The number of benzene rings is 1. The lowest BCUT2D eigenvalue weighted by molar-refractivity contribution is 0.618. The third kappa shape index (κ3) is 3.09. The molecule has 0 bridgehead atoms. The Bertz CT molecular complexity index is 870. The number of nitrogens with zero attached hydrogens (tertiary/aromatic N) is 3. The molecular weight excluding hydrogens is 289 g/mol. The highest BCUT2D eigenvalue weighted by atomic mass is 19.1. The van der Waals surface area contributed by atoms with Gasteiger partial charge in [-0.25, -0.2) is 9.37 Å². The Hall–Kier alpha value is -2.67. The van der Waals surface area contributed by atoms with Crippen molar-refractivity contribution in [2.24, 2.45) is 0 Å². The number of pyridine rings is 1. The summed E-state index contributed by atoms with van der Waals surface area (Å²) in [6, 6.07) is 13.6. The molecule has 0 saturated carbocycles. The minimum Gasteiger partial charge on any atom is -0.300 e. The first-order valence-electron chi connectivity index (χ1n) is 7.69. The van der Waals surface area contributed by atoms with Crippen molar-refractivity contribution in [3.05, 3.63) is 70.9 Å². The van der Waals surface area contributed by atoms with E-state index in [1.165, 1.54) is 17.8 Å². The lowest BCUT2D eigenvalue weighted by Gasteiger charge is -2.07. The fourth-order valence-electron chi connectivity index (χ4n) is 2.73. The van der Waals surface area contributed by atoms with Crippen LogP contribution in [0.15, 0.2) is 42.6 Å². The van der Waals surface area contributed by atoms with Gasteiger partial charge in [-0.15, -0.1) is 0 Å². The van der Waals surface area contributed by atoms with E-state index in [1.807, 2.05) is 0 Å². The van der Waals surface area contributed by atoms with E-state index in [4.69, 9.17) is 5.26 Å². The van der Waals surface area contributed by atoms with Gasteiger partial charge in [-0.1, -0.05) is 38.1 Å². The fourth-order valence-corrected chi connectivity index (χ4v) is 2.73. The molecule has 116 valence electrons. The standard InChI is InChI=1S/C19H18FN3/c1-13(2)15-5-3-14(4-6-15)11-17-18(9-10-21)23-12-16(20)7-8-19(23)22-17/h3-8,12-13H,9,11H2,1-2H3. The van der Waals surface area contributed by atoms with Gasteiger partial charge < -0.3 is 0 Å². The van der Waals surface area contributed by atoms with Crippen LogP contribution in [0.5, 0.6) is 0 Å². The van der Waals surface area contributed by atoms with Crippen molar-refractivity contribution in [3.8, 4) is 6.07 Å². The van der Waals surface area contributed by atoms with E-state index in [0.717, 1.165) is 17.0 Å². The molecule has 1 aromatic carbocycles. The summed E-state index contributed by atoms with van der Waals surface area (Å²) in [7, 11) is 0. The number of imidazole rings is 1. The molecule has 0 fully saturated rings. The Kier molecular flexibility index (Phi) is 4.12. The van der Waals surface area contributed by atoms with E-state index in [-0.39, 0.29) is 12.2 Å².